The number of hydrogen-bond acceptors (Lipinski definition) is 3. The number of carbonyl (C=O) groups excluding carboxylic acids is 1. The molecular weight excluding hydrogens is 372 g/mol. The minimum atomic E-state index is -1.25. The second-order valence-corrected chi connectivity index (χ2v) is 6.49. The normalized spacial score (nSPS) is 12.5. The summed E-state index contributed by atoms with van der Waals surface area (Å²) < 4.78 is 27.5. The highest BCUT2D eigenvalue weighted by atomic mass is 32.1. The summed E-state index contributed by atoms with van der Waals surface area (Å²) >= 11 is 4.35. The lowest BCUT2D eigenvalue weighted by Gasteiger charge is -2.18. The molecule has 0 fully saturated rings. The van der Waals surface area contributed by atoms with Gasteiger partial charge in [-0.2, -0.15) is 0 Å². The molecule has 0 bridgehead atoms. The van der Waals surface area contributed by atoms with Gasteiger partial charge in [0.15, 0.2) is 5.78 Å². The van der Waals surface area contributed by atoms with Crippen LogP contribution in [0.15, 0.2) is 52.9 Å². The van der Waals surface area contributed by atoms with Crippen molar-refractivity contribution in [3.63, 3.8) is 0 Å². The number of amides is 1. The van der Waals surface area contributed by atoms with Crippen molar-refractivity contribution in [3.05, 3.63) is 70.8 Å². The Bertz CT molecular complexity index is 863. The van der Waals surface area contributed by atoms with Crippen molar-refractivity contribution in [2.24, 2.45) is 0 Å². The van der Waals surface area contributed by atoms with Gasteiger partial charge in [0.1, 0.15) is 11.6 Å². The highest BCUT2D eigenvalue weighted by Crippen LogP contribution is 2.21. The summed E-state index contributed by atoms with van der Waals surface area (Å²) in [5.74, 6) is -2.58. The van der Waals surface area contributed by atoms with Gasteiger partial charge in [-0.05, 0) is 37.1 Å². The van der Waals surface area contributed by atoms with Gasteiger partial charge in [-0.15, -0.1) is 12.6 Å². The van der Waals surface area contributed by atoms with Crippen molar-refractivity contribution < 1.29 is 23.5 Å². The minimum absolute atomic E-state index is 0.0655. The predicted octanol–water partition coefficient (Wildman–Crippen LogP) is 4.96. The first-order valence-electron chi connectivity index (χ1n) is 8.22. The average molecular weight is 391 g/mol. The molecule has 1 amide bonds. The Kier molecular flexibility index (Phi) is 7.12. The molecule has 2 aromatic carbocycles. The summed E-state index contributed by atoms with van der Waals surface area (Å²) in [6.45, 7) is 1.72. The minimum Gasteiger partial charge on any atom is -0.465 e. The van der Waals surface area contributed by atoms with Crippen molar-refractivity contribution >= 4 is 30.6 Å². The molecule has 4 nitrogen and oxygen atoms in total. The summed E-state index contributed by atoms with van der Waals surface area (Å²) in [6.07, 6.45) is 0.361. The van der Waals surface area contributed by atoms with Crippen LogP contribution in [0.1, 0.15) is 35.7 Å². The molecule has 1 atom stereocenters. The van der Waals surface area contributed by atoms with Gasteiger partial charge in [0.05, 0.1) is 11.6 Å². The lowest BCUT2D eigenvalue weighted by Crippen LogP contribution is -2.35. The van der Waals surface area contributed by atoms with E-state index >= 15 is 0 Å². The van der Waals surface area contributed by atoms with Crippen molar-refractivity contribution in [1.29, 1.82) is 0 Å². The Morgan fingerprint density at radius 3 is 2.37 bits per heavy atom. The van der Waals surface area contributed by atoms with Gasteiger partial charge in [0, 0.05) is 11.3 Å². The van der Waals surface area contributed by atoms with Crippen LogP contribution in [0.25, 0.3) is 6.08 Å². The van der Waals surface area contributed by atoms with Crippen molar-refractivity contribution in [1.82, 2.24) is 5.32 Å². The Hall–Kier alpha value is -2.67. The number of carboxylic acid groups (broad SMARTS) is 1. The van der Waals surface area contributed by atoms with E-state index < -0.39 is 35.1 Å². The Morgan fingerprint density at radius 2 is 1.78 bits per heavy atom. The molecule has 0 saturated carbocycles. The zero-order valence-corrected chi connectivity index (χ0v) is 15.5. The molecule has 0 heterocycles. The molecule has 0 radical (unpaired) electrons. The lowest BCUT2D eigenvalue weighted by molar-refractivity contribution is 0.0968. The quantitative estimate of drug-likeness (QED) is 0.462. The van der Waals surface area contributed by atoms with Crippen molar-refractivity contribution in [2.75, 3.05) is 0 Å². The van der Waals surface area contributed by atoms with Crippen LogP contribution in [-0.4, -0.2) is 23.0 Å². The van der Waals surface area contributed by atoms with E-state index in [-0.39, 0.29) is 12.8 Å². The zero-order chi connectivity index (χ0) is 20.0. The summed E-state index contributed by atoms with van der Waals surface area (Å²) in [5, 5.41) is 11.4. The number of nitrogens with one attached hydrogen (secondary N) is 1. The van der Waals surface area contributed by atoms with E-state index in [9.17, 15) is 18.4 Å². The molecule has 27 heavy (non-hydrogen) atoms. The number of halogens is 2. The maximum Gasteiger partial charge on any atom is 0.405 e. The van der Waals surface area contributed by atoms with Crippen LogP contribution in [0.2, 0.25) is 0 Å². The number of hydrogen-bond donors (Lipinski definition) is 3. The van der Waals surface area contributed by atoms with E-state index in [0.717, 1.165) is 22.6 Å². The predicted molar refractivity (Wildman–Crippen MR) is 102 cm³/mol. The molecule has 0 aromatic heterocycles. The number of thiol groups is 1. The fraction of sp³-hybridized carbons (Fsp3) is 0.200. The van der Waals surface area contributed by atoms with E-state index in [4.69, 9.17) is 5.11 Å². The molecule has 1 unspecified atom stereocenters. The molecule has 0 aliphatic rings. The van der Waals surface area contributed by atoms with Gasteiger partial charge in [0.25, 0.3) is 0 Å². The summed E-state index contributed by atoms with van der Waals surface area (Å²) in [6, 6.07) is 9.78. The second kappa shape index (κ2) is 9.32. The first kappa shape index (κ1) is 20.6. The van der Waals surface area contributed by atoms with Crippen LogP contribution >= 0.6 is 12.6 Å². The standard InChI is InChI=1S/C20H19F2NO3S/c1-12(11-13-5-2-3-8-18(13)27)16(23-20(25)26)9-10-17(24)19-14(21)6-4-7-15(19)22/h2-8,11,16,23,27H,9-10H2,1H3,(H,25,26)/b12-11+. The summed E-state index contributed by atoms with van der Waals surface area (Å²) in [7, 11) is 0. The molecule has 0 aliphatic heterocycles. The molecule has 7 heteroatoms. The molecule has 2 aromatic rings. The first-order valence-corrected chi connectivity index (χ1v) is 8.67. The monoisotopic (exact) mass is 391 g/mol. The van der Waals surface area contributed by atoms with E-state index in [0.29, 0.717) is 5.57 Å². The molecule has 2 N–H and O–H groups in total. The van der Waals surface area contributed by atoms with Gasteiger partial charge in [-0.25, -0.2) is 13.6 Å². The Labute approximate surface area is 161 Å². The number of ketones is 1. The molecule has 2 rings (SSSR count). The maximum atomic E-state index is 13.7. The second-order valence-electron chi connectivity index (χ2n) is 6.01. The lowest BCUT2D eigenvalue weighted by atomic mass is 9.97. The molecule has 142 valence electrons. The van der Waals surface area contributed by atoms with Crippen molar-refractivity contribution in [3.8, 4) is 0 Å². The maximum absolute atomic E-state index is 13.7. The summed E-state index contributed by atoms with van der Waals surface area (Å²) in [4.78, 5) is 24.0. The van der Waals surface area contributed by atoms with Gasteiger partial charge in [-0.3, -0.25) is 4.79 Å². The fourth-order valence-corrected chi connectivity index (χ4v) is 2.91. The van der Waals surface area contributed by atoms with Crippen LogP contribution in [-0.2, 0) is 0 Å². The largest absolute Gasteiger partial charge is 0.465 e. The zero-order valence-electron chi connectivity index (χ0n) is 14.6. The van der Waals surface area contributed by atoms with Crippen LogP contribution in [0, 0.1) is 11.6 Å². The van der Waals surface area contributed by atoms with E-state index in [1.807, 2.05) is 18.2 Å². The molecule has 0 aliphatic carbocycles. The number of benzene rings is 2. The SMILES string of the molecule is C/C(=C\c1ccccc1S)C(CCC(=O)c1c(F)cccc1F)NC(=O)O. The van der Waals surface area contributed by atoms with Gasteiger partial charge in [-0.1, -0.05) is 35.9 Å². The summed E-state index contributed by atoms with van der Waals surface area (Å²) in [5.41, 5.74) is 0.844. The molecule has 0 spiro atoms. The average Bonchev–Trinajstić information content (AvgIpc) is 2.60. The third kappa shape index (κ3) is 5.65. The van der Waals surface area contributed by atoms with Crippen LogP contribution in [0.5, 0.6) is 0 Å². The first-order chi connectivity index (χ1) is 12.8. The Balaban J connectivity index is 2.18. The third-order valence-corrected chi connectivity index (χ3v) is 4.48. The van der Waals surface area contributed by atoms with E-state index in [1.54, 1.807) is 19.1 Å². The molecule has 0 saturated heterocycles. The Morgan fingerprint density at radius 1 is 1.15 bits per heavy atom. The van der Waals surface area contributed by atoms with Gasteiger partial charge in [0.2, 0.25) is 0 Å². The fourth-order valence-electron chi connectivity index (χ4n) is 2.68. The molecular formula is C20H19F2NO3S. The topological polar surface area (TPSA) is 66.4 Å². The highest BCUT2D eigenvalue weighted by Gasteiger charge is 2.20. The van der Waals surface area contributed by atoms with Gasteiger partial charge < -0.3 is 10.4 Å². The third-order valence-electron chi connectivity index (χ3n) is 4.07. The van der Waals surface area contributed by atoms with Crippen LogP contribution in [0.3, 0.4) is 0 Å². The van der Waals surface area contributed by atoms with E-state index in [1.165, 1.54) is 6.07 Å². The smallest absolute Gasteiger partial charge is 0.405 e. The van der Waals surface area contributed by atoms with Crippen LogP contribution < -0.4 is 5.32 Å². The highest BCUT2D eigenvalue weighted by molar-refractivity contribution is 7.80. The van der Waals surface area contributed by atoms with Gasteiger partial charge >= 0.3 is 6.09 Å². The number of rotatable bonds is 7. The number of Topliss-reactive ketones (excluding diaryl/α,β-unsaturated/α-hetero) is 1. The van der Waals surface area contributed by atoms with Crippen LogP contribution in [0.4, 0.5) is 13.6 Å². The van der Waals surface area contributed by atoms with E-state index in [2.05, 4.69) is 17.9 Å². The van der Waals surface area contributed by atoms with Crippen molar-refractivity contribution in [2.45, 2.75) is 30.7 Å². The number of carbonyl (C=O) groups is 2.